The molecule has 5 nitrogen and oxygen atoms in total. The summed E-state index contributed by atoms with van der Waals surface area (Å²) in [5, 5.41) is 12.2. The van der Waals surface area contributed by atoms with Gasteiger partial charge in [0.05, 0.1) is 16.9 Å². The molecule has 0 unspecified atom stereocenters. The Kier molecular flexibility index (Phi) is 4.41. The van der Waals surface area contributed by atoms with E-state index in [1.165, 1.54) is 19.3 Å². The first-order chi connectivity index (χ1) is 10.2. The lowest BCUT2D eigenvalue weighted by atomic mass is 10.1. The molecule has 21 heavy (non-hydrogen) atoms. The molecule has 2 aromatic rings. The van der Waals surface area contributed by atoms with E-state index in [-0.39, 0.29) is 0 Å². The number of hydrogen-bond acceptors (Lipinski definition) is 5. The van der Waals surface area contributed by atoms with Crippen LogP contribution in [0.1, 0.15) is 19.3 Å². The molecule has 110 valence electrons. The second-order valence-electron chi connectivity index (χ2n) is 4.94. The summed E-state index contributed by atoms with van der Waals surface area (Å²) in [6, 6.07) is 5.23. The van der Waals surface area contributed by atoms with Crippen LogP contribution >= 0.6 is 23.2 Å². The monoisotopic (exact) mass is 323 g/mol. The second kappa shape index (κ2) is 6.45. The van der Waals surface area contributed by atoms with Crippen molar-refractivity contribution < 1.29 is 0 Å². The average Bonchev–Trinajstić information content (AvgIpc) is 2.51. The number of rotatable bonds is 3. The van der Waals surface area contributed by atoms with Crippen LogP contribution in [0.3, 0.4) is 0 Å². The first-order valence-corrected chi connectivity index (χ1v) is 7.65. The van der Waals surface area contributed by atoms with Crippen LogP contribution < -0.4 is 10.2 Å². The van der Waals surface area contributed by atoms with Crippen LogP contribution in [0.25, 0.3) is 0 Å². The SMILES string of the molecule is Clc1ccc(Nc2nncc(N3CCCCC3)n2)c(Cl)c1. The maximum absolute atomic E-state index is 6.13. The minimum atomic E-state index is 0.433. The van der Waals surface area contributed by atoms with Gasteiger partial charge in [-0.05, 0) is 37.5 Å². The zero-order chi connectivity index (χ0) is 14.7. The van der Waals surface area contributed by atoms with Gasteiger partial charge in [-0.25, -0.2) is 0 Å². The van der Waals surface area contributed by atoms with E-state index >= 15 is 0 Å². The van der Waals surface area contributed by atoms with Gasteiger partial charge < -0.3 is 10.2 Å². The molecule has 0 atom stereocenters. The van der Waals surface area contributed by atoms with Crippen molar-refractivity contribution >= 4 is 40.7 Å². The van der Waals surface area contributed by atoms with Crippen molar-refractivity contribution in [1.29, 1.82) is 0 Å². The molecular weight excluding hydrogens is 309 g/mol. The van der Waals surface area contributed by atoms with Crippen LogP contribution in [0, 0.1) is 0 Å². The number of nitrogens with one attached hydrogen (secondary N) is 1. The summed E-state index contributed by atoms with van der Waals surface area (Å²) in [7, 11) is 0. The van der Waals surface area contributed by atoms with Crippen molar-refractivity contribution in [2.45, 2.75) is 19.3 Å². The van der Waals surface area contributed by atoms with Crippen molar-refractivity contribution in [3.05, 3.63) is 34.4 Å². The Morgan fingerprint density at radius 1 is 1.10 bits per heavy atom. The standard InChI is InChI=1S/C14H15Cl2N5/c15-10-4-5-12(11(16)8-10)18-14-19-13(9-17-20-14)21-6-2-1-3-7-21/h4-5,8-9H,1-3,6-7H2,(H,18,19,20). The van der Waals surface area contributed by atoms with Gasteiger partial charge in [0.25, 0.3) is 0 Å². The van der Waals surface area contributed by atoms with E-state index in [1.54, 1.807) is 24.4 Å². The van der Waals surface area contributed by atoms with Gasteiger partial charge in [0.15, 0.2) is 5.82 Å². The maximum atomic E-state index is 6.13. The number of halogens is 2. The Balaban J connectivity index is 1.79. The molecule has 1 aliphatic rings. The van der Waals surface area contributed by atoms with Crippen molar-refractivity contribution in [2.75, 3.05) is 23.3 Å². The Morgan fingerprint density at radius 3 is 2.67 bits per heavy atom. The first-order valence-electron chi connectivity index (χ1n) is 6.89. The normalized spacial score (nSPS) is 15.0. The predicted octanol–water partition coefficient (Wildman–Crippen LogP) is 3.91. The Bertz CT molecular complexity index is 629. The minimum absolute atomic E-state index is 0.433. The number of piperidine rings is 1. The lowest BCUT2D eigenvalue weighted by Gasteiger charge is -2.27. The molecule has 2 heterocycles. The fraction of sp³-hybridized carbons (Fsp3) is 0.357. The lowest BCUT2D eigenvalue weighted by molar-refractivity contribution is 0.572. The molecule has 0 aliphatic carbocycles. The number of aromatic nitrogens is 3. The van der Waals surface area contributed by atoms with Crippen LogP contribution in [-0.2, 0) is 0 Å². The third-order valence-electron chi connectivity index (χ3n) is 3.40. The average molecular weight is 324 g/mol. The van der Waals surface area contributed by atoms with Gasteiger partial charge in [-0.2, -0.15) is 10.1 Å². The highest BCUT2D eigenvalue weighted by Gasteiger charge is 2.13. The van der Waals surface area contributed by atoms with E-state index < -0.39 is 0 Å². The van der Waals surface area contributed by atoms with Crippen LogP contribution in [0.5, 0.6) is 0 Å². The zero-order valence-electron chi connectivity index (χ0n) is 11.4. The highest BCUT2D eigenvalue weighted by molar-refractivity contribution is 6.36. The van der Waals surface area contributed by atoms with Gasteiger partial charge in [0.2, 0.25) is 5.95 Å². The minimum Gasteiger partial charge on any atom is -0.355 e. The Labute approximate surface area is 133 Å². The molecule has 7 heteroatoms. The summed E-state index contributed by atoms with van der Waals surface area (Å²) in [5.41, 5.74) is 0.707. The van der Waals surface area contributed by atoms with Gasteiger partial charge in [0.1, 0.15) is 0 Å². The fourth-order valence-corrected chi connectivity index (χ4v) is 2.79. The van der Waals surface area contributed by atoms with Crippen molar-refractivity contribution in [2.24, 2.45) is 0 Å². The first kappa shape index (κ1) is 14.4. The van der Waals surface area contributed by atoms with E-state index in [0.717, 1.165) is 18.9 Å². The topological polar surface area (TPSA) is 53.9 Å². The Hall–Kier alpha value is -1.59. The number of anilines is 3. The summed E-state index contributed by atoms with van der Waals surface area (Å²) in [4.78, 5) is 6.73. The van der Waals surface area contributed by atoms with Gasteiger partial charge >= 0.3 is 0 Å². The van der Waals surface area contributed by atoms with Gasteiger partial charge in [-0.15, -0.1) is 5.10 Å². The molecule has 0 saturated carbocycles. The van der Waals surface area contributed by atoms with Crippen molar-refractivity contribution in [3.8, 4) is 0 Å². The largest absolute Gasteiger partial charge is 0.355 e. The van der Waals surface area contributed by atoms with Crippen LogP contribution in [0.2, 0.25) is 10.0 Å². The van der Waals surface area contributed by atoms with E-state index in [9.17, 15) is 0 Å². The van der Waals surface area contributed by atoms with E-state index in [4.69, 9.17) is 23.2 Å². The van der Waals surface area contributed by atoms with Gasteiger partial charge in [0, 0.05) is 18.1 Å². The van der Waals surface area contributed by atoms with Crippen molar-refractivity contribution in [3.63, 3.8) is 0 Å². The smallest absolute Gasteiger partial charge is 0.249 e. The molecular formula is C14H15Cl2N5. The summed E-state index contributed by atoms with van der Waals surface area (Å²) >= 11 is 12.0. The van der Waals surface area contributed by atoms with Crippen LogP contribution in [0.4, 0.5) is 17.5 Å². The molecule has 1 aromatic heterocycles. The molecule has 1 N–H and O–H groups in total. The molecule has 1 aromatic carbocycles. The Morgan fingerprint density at radius 2 is 1.90 bits per heavy atom. The maximum Gasteiger partial charge on any atom is 0.249 e. The third-order valence-corrected chi connectivity index (χ3v) is 3.95. The van der Waals surface area contributed by atoms with Crippen molar-refractivity contribution in [1.82, 2.24) is 15.2 Å². The highest BCUT2D eigenvalue weighted by atomic mass is 35.5. The lowest BCUT2D eigenvalue weighted by Crippen LogP contribution is -2.30. The molecule has 1 aliphatic heterocycles. The molecule has 0 radical (unpaired) electrons. The number of nitrogens with zero attached hydrogens (tertiary/aromatic N) is 4. The second-order valence-corrected chi connectivity index (χ2v) is 5.78. The van der Waals surface area contributed by atoms with Gasteiger partial charge in [-0.1, -0.05) is 23.2 Å². The molecule has 1 saturated heterocycles. The van der Waals surface area contributed by atoms with Gasteiger partial charge in [-0.3, -0.25) is 0 Å². The van der Waals surface area contributed by atoms with Crippen LogP contribution in [-0.4, -0.2) is 28.3 Å². The third kappa shape index (κ3) is 3.54. The summed E-state index contributed by atoms with van der Waals surface area (Å²) in [6.45, 7) is 2.03. The molecule has 3 rings (SSSR count). The molecule has 0 bridgehead atoms. The molecule has 1 fully saturated rings. The summed E-state index contributed by atoms with van der Waals surface area (Å²) in [6.07, 6.45) is 5.35. The fourth-order valence-electron chi connectivity index (χ4n) is 2.33. The zero-order valence-corrected chi connectivity index (χ0v) is 12.9. The van der Waals surface area contributed by atoms with E-state index in [1.807, 2.05) is 0 Å². The predicted molar refractivity (Wildman–Crippen MR) is 85.6 cm³/mol. The molecule has 0 amide bonds. The number of benzene rings is 1. The molecule has 0 spiro atoms. The summed E-state index contributed by atoms with van der Waals surface area (Å²) in [5.74, 6) is 1.28. The number of hydrogen-bond donors (Lipinski definition) is 1. The quantitative estimate of drug-likeness (QED) is 0.927. The van der Waals surface area contributed by atoms with E-state index in [0.29, 0.717) is 21.7 Å². The van der Waals surface area contributed by atoms with E-state index in [2.05, 4.69) is 25.4 Å². The summed E-state index contributed by atoms with van der Waals surface area (Å²) < 4.78 is 0. The van der Waals surface area contributed by atoms with Crippen LogP contribution in [0.15, 0.2) is 24.4 Å². The highest BCUT2D eigenvalue weighted by Crippen LogP contribution is 2.27.